The van der Waals surface area contributed by atoms with Crippen molar-refractivity contribution in [1.82, 2.24) is 9.88 Å². The van der Waals surface area contributed by atoms with Gasteiger partial charge in [-0.3, -0.25) is 4.99 Å². The molecule has 1 unspecified atom stereocenters. The smallest absolute Gasteiger partial charge is 0.191 e. The number of hydrogen-bond donors (Lipinski definition) is 2. The molecule has 1 saturated heterocycles. The highest BCUT2D eigenvalue weighted by molar-refractivity contribution is 6.35. The summed E-state index contributed by atoms with van der Waals surface area (Å²) in [7, 11) is 0. The van der Waals surface area contributed by atoms with Gasteiger partial charge in [0, 0.05) is 25.8 Å². The molecule has 1 aliphatic heterocycles. The van der Waals surface area contributed by atoms with Crippen molar-refractivity contribution < 1.29 is 0 Å². The molecule has 5 nitrogen and oxygen atoms in total. The first-order chi connectivity index (χ1) is 10.1. The van der Waals surface area contributed by atoms with Gasteiger partial charge in [0.05, 0.1) is 16.6 Å². The molecule has 0 radical (unpaired) electrons. The Labute approximate surface area is 135 Å². The molecule has 21 heavy (non-hydrogen) atoms. The number of piperidine rings is 1. The van der Waals surface area contributed by atoms with Gasteiger partial charge in [-0.2, -0.15) is 0 Å². The van der Waals surface area contributed by atoms with Crippen LogP contribution in [-0.4, -0.2) is 42.0 Å². The molecule has 1 fully saturated rings. The van der Waals surface area contributed by atoms with Gasteiger partial charge in [-0.15, -0.1) is 0 Å². The van der Waals surface area contributed by atoms with E-state index in [1.165, 1.54) is 12.8 Å². The number of aliphatic imine (C=N–C) groups is 1. The number of guanidine groups is 1. The fourth-order valence-electron chi connectivity index (χ4n) is 2.39. The lowest BCUT2D eigenvalue weighted by molar-refractivity contribution is 0.270. The Bertz CT molecular complexity index is 506. The quantitative estimate of drug-likeness (QED) is 0.506. The maximum Gasteiger partial charge on any atom is 0.191 e. The number of pyridine rings is 1. The molecular formula is C14H21Cl2N5. The Morgan fingerprint density at radius 2 is 2.38 bits per heavy atom. The first-order valence-electron chi connectivity index (χ1n) is 7.16. The monoisotopic (exact) mass is 329 g/mol. The van der Waals surface area contributed by atoms with Crippen molar-refractivity contribution in [3.63, 3.8) is 0 Å². The van der Waals surface area contributed by atoms with Gasteiger partial charge in [0.2, 0.25) is 0 Å². The van der Waals surface area contributed by atoms with E-state index in [-0.39, 0.29) is 0 Å². The van der Waals surface area contributed by atoms with E-state index in [1.54, 1.807) is 12.3 Å². The van der Waals surface area contributed by atoms with Crippen molar-refractivity contribution in [2.45, 2.75) is 19.8 Å². The molecule has 0 bridgehead atoms. The third kappa shape index (κ3) is 4.93. The number of nitrogens with one attached hydrogen (secondary N) is 1. The highest BCUT2D eigenvalue weighted by Gasteiger charge is 2.17. The molecule has 7 heteroatoms. The van der Waals surface area contributed by atoms with E-state index in [4.69, 9.17) is 28.9 Å². The minimum absolute atomic E-state index is 0.504. The van der Waals surface area contributed by atoms with E-state index >= 15 is 0 Å². The molecule has 1 aromatic heterocycles. The van der Waals surface area contributed by atoms with E-state index in [1.807, 2.05) is 0 Å². The third-order valence-corrected chi connectivity index (χ3v) is 3.96. The van der Waals surface area contributed by atoms with Crippen molar-refractivity contribution in [3.8, 4) is 0 Å². The first kappa shape index (κ1) is 16.2. The normalized spacial score (nSPS) is 19.7. The van der Waals surface area contributed by atoms with Gasteiger partial charge >= 0.3 is 0 Å². The molecule has 2 heterocycles. The predicted molar refractivity (Wildman–Crippen MR) is 89.2 cm³/mol. The van der Waals surface area contributed by atoms with Crippen LogP contribution < -0.4 is 11.1 Å². The number of anilines is 1. The second-order valence-electron chi connectivity index (χ2n) is 5.34. The lowest BCUT2D eigenvalue weighted by Gasteiger charge is -2.31. The number of rotatable bonds is 4. The summed E-state index contributed by atoms with van der Waals surface area (Å²) >= 11 is 11.8. The summed E-state index contributed by atoms with van der Waals surface area (Å²) in [6, 6.07) is 1.66. The van der Waals surface area contributed by atoms with Crippen LogP contribution in [0.3, 0.4) is 0 Å². The van der Waals surface area contributed by atoms with Crippen molar-refractivity contribution in [2.75, 3.05) is 31.5 Å². The molecule has 0 aromatic carbocycles. The zero-order valence-electron chi connectivity index (χ0n) is 12.1. The van der Waals surface area contributed by atoms with Gasteiger partial charge in [0.15, 0.2) is 5.96 Å². The van der Waals surface area contributed by atoms with Crippen LogP contribution in [0.5, 0.6) is 0 Å². The van der Waals surface area contributed by atoms with Crippen LogP contribution in [0.1, 0.15) is 19.8 Å². The summed E-state index contributed by atoms with van der Waals surface area (Å²) in [5.74, 6) is 1.92. The van der Waals surface area contributed by atoms with Gasteiger partial charge < -0.3 is 16.0 Å². The van der Waals surface area contributed by atoms with Gasteiger partial charge in [0.1, 0.15) is 5.82 Å². The highest BCUT2D eigenvalue weighted by atomic mass is 35.5. The Morgan fingerprint density at radius 3 is 3.10 bits per heavy atom. The van der Waals surface area contributed by atoms with Crippen LogP contribution >= 0.6 is 23.2 Å². The molecule has 0 amide bonds. The number of hydrogen-bond acceptors (Lipinski definition) is 3. The number of nitrogens with zero attached hydrogens (tertiary/aromatic N) is 3. The highest BCUT2D eigenvalue weighted by Crippen LogP contribution is 2.22. The van der Waals surface area contributed by atoms with Gasteiger partial charge in [-0.25, -0.2) is 4.98 Å². The van der Waals surface area contributed by atoms with Crippen LogP contribution in [-0.2, 0) is 0 Å². The van der Waals surface area contributed by atoms with E-state index < -0.39 is 0 Å². The van der Waals surface area contributed by atoms with Crippen LogP contribution in [0.25, 0.3) is 0 Å². The molecule has 116 valence electrons. The van der Waals surface area contributed by atoms with Gasteiger partial charge in [-0.1, -0.05) is 30.1 Å². The summed E-state index contributed by atoms with van der Waals surface area (Å²) in [4.78, 5) is 10.7. The number of nitrogens with two attached hydrogens (primary N) is 1. The number of aromatic nitrogens is 1. The van der Waals surface area contributed by atoms with Crippen LogP contribution in [0, 0.1) is 5.92 Å². The SMILES string of the molecule is CC1CCCN(C(N)=NCCNc2ncc(Cl)cc2Cl)C1. The molecule has 2 rings (SSSR count). The van der Waals surface area contributed by atoms with E-state index in [2.05, 4.69) is 27.1 Å². The Hall–Kier alpha value is -1.20. The fraction of sp³-hybridized carbons (Fsp3) is 0.571. The lowest BCUT2D eigenvalue weighted by atomic mass is 10.0. The van der Waals surface area contributed by atoms with Crippen LogP contribution in [0.2, 0.25) is 10.0 Å². The standard InChI is InChI=1S/C14H21Cl2N5/c1-10-3-2-6-21(9-10)14(17)19-5-4-18-13-12(16)7-11(15)8-20-13/h7-8,10H,2-6,9H2,1H3,(H2,17,19)(H,18,20). The molecule has 0 aliphatic carbocycles. The molecule has 0 saturated carbocycles. The molecule has 1 aliphatic rings. The minimum atomic E-state index is 0.504. The third-order valence-electron chi connectivity index (χ3n) is 3.47. The summed E-state index contributed by atoms with van der Waals surface area (Å²) in [5, 5.41) is 4.15. The fourth-order valence-corrected chi connectivity index (χ4v) is 2.83. The average Bonchev–Trinajstić information content (AvgIpc) is 2.45. The van der Waals surface area contributed by atoms with Crippen molar-refractivity contribution in [3.05, 3.63) is 22.3 Å². The Morgan fingerprint density at radius 1 is 1.57 bits per heavy atom. The van der Waals surface area contributed by atoms with E-state index in [0.29, 0.717) is 40.8 Å². The maximum atomic E-state index is 6.03. The van der Waals surface area contributed by atoms with Crippen molar-refractivity contribution in [1.29, 1.82) is 0 Å². The molecule has 1 atom stereocenters. The second-order valence-corrected chi connectivity index (χ2v) is 6.19. The Kier molecular flexibility index (Phi) is 5.94. The largest absolute Gasteiger partial charge is 0.370 e. The zero-order valence-corrected chi connectivity index (χ0v) is 13.7. The van der Waals surface area contributed by atoms with Crippen molar-refractivity contribution >= 4 is 35.0 Å². The van der Waals surface area contributed by atoms with Crippen LogP contribution in [0.15, 0.2) is 17.3 Å². The molecule has 1 aromatic rings. The molecule has 0 spiro atoms. The van der Waals surface area contributed by atoms with Gasteiger partial charge in [-0.05, 0) is 24.8 Å². The lowest BCUT2D eigenvalue weighted by Crippen LogP contribution is -2.43. The first-order valence-corrected chi connectivity index (χ1v) is 7.91. The molecule has 3 N–H and O–H groups in total. The topological polar surface area (TPSA) is 66.5 Å². The molecular weight excluding hydrogens is 309 g/mol. The summed E-state index contributed by atoms with van der Waals surface area (Å²) in [5.41, 5.74) is 6.03. The summed E-state index contributed by atoms with van der Waals surface area (Å²) < 4.78 is 0. The number of likely N-dealkylation sites (tertiary alicyclic amines) is 1. The van der Waals surface area contributed by atoms with Crippen LogP contribution in [0.4, 0.5) is 5.82 Å². The summed E-state index contributed by atoms with van der Waals surface area (Å²) in [6.07, 6.45) is 4.01. The zero-order chi connectivity index (χ0) is 15.2. The van der Waals surface area contributed by atoms with Gasteiger partial charge in [0.25, 0.3) is 0 Å². The minimum Gasteiger partial charge on any atom is -0.370 e. The Balaban J connectivity index is 1.79. The maximum absolute atomic E-state index is 6.03. The van der Waals surface area contributed by atoms with E-state index in [9.17, 15) is 0 Å². The summed E-state index contributed by atoms with van der Waals surface area (Å²) in [6.45, 7) is 5.44. The average molecular weight is 330 g/mol. The predicted octanol–water partition coefficient (Wildman–Crippen LogP) is 2.85. The second kappa shape index (κ2) is 7.71. The van der Waals surface area contributed by atoms with Crippen molar-refractivity contribution in [2.24, 2.45) is 16.6 Å². The number of halogens is 2. The van der Waals surface area contributed by atoms with E-state index in [0.717, 1.165) is 13.1 Å².